The lowest BCUT2D eigenvalue weighted by Gasteiger charge is -2.27. The fourth-order valence-electron chi connectivity index (χ4n) is 4.63. The Morgan fingerprint density at radius 3 is 1.80 bits per heavy atom. The lowest BCUT2D eigenvalue weighted by molar-refractivity contribution is 0.0950. The molecular formula is C29H40O6. The number of unbranched alkanes of at least 4 members (excludes halogenated alkanes) is 6. The van der Waals surface area contributed by atoms with E-state index in [1.165, 1.54) is 0 Å². The molecule has 3 rings (SSSR count). The molecule has 0 aromatic heterocycles. The van der Waals surface area contributed by atoms with E-state index in [9.17, 15) is 9.59 Å². The Kier molecular flexibility index (Phi) is 10.7. The summed E-state index contributed by atoms with van der Waals surface area (Å²) in [7, 11) is 0. The summed E-state index contributed by atoms with van der Waals surface area (Å²) in [5, 5.41) is 1.46. The summed E-state index contributed by atoms with van der Waals surface area (Å²) >= 11 is 0. The van der Waals surface area contributed by atoms with Crippen molar-refractivity contribution in [3.63, 3.8) is 0 Å². The van der Waals surface area contributed by atoms with Crippen molar-refractivity contribution in [2.24, 2.45) is 5.92 Å². The minimum atomic E-state index is -0.688. The fourth-order valence-corrected chi connectivity index (χ4v) is 4.63. The molecule has 1 aliphatic rings. The number of carbonyl (C=O) groups is 2. The van der Waals surface area contributed by atoms with E-state index in [1.807, 2.05) is 24.3 Å². The van der Waals surface area contributed by atoms with Crippen LogP contribution < -0.4 is 9.47 Å². The van der Waals surface area contributed by atoms with Crippen molar-refractivity contribution >= 4 is 23.1 Å². The summed E-state index contributed by atoms with van der Waals surface area (Å²) < 4.78 is 22.3. The van der Waals surface area contributed by atoms with Crippen LogP contribution in [0.4, 0.5) is 9.59 Å². The molecule has 35 heavy (non-hydrogen) atoms. The summed E-state index contributed by atoms with van der Waals surface area (Å²) in [5.74, 6) is 1.46. The van der Waals surface area contributed by atoms with Gasteiger partial charge >= 0.3 is 12.3 Å². The van der Waals surface area contributed by atoms with Crippen LogP contribution in [-0.4, -0.2) is 25.5 Å². The van der Waals surface area contributed by atoms with Crippen LogP contribution in [-0.2, 0) is 22.3 Å². The highest BCUT2D eigenvalue weighted by atomic mass is 16.7. The molecule has 2 aromatic carbocycles. The number of benzene rings is 2. The molecule has 0 amide bonds. The molecular weight excluding hydrogens is 444 g/mol. The monoisotopic (exact) mass is 484 g/mol. The molecule has 1 aliphatic carbocycles. The Bertz CT molecular complexity index is 983. The van der Waals surface area contributed by atoms with E-state index < -0.39 is 12.3 Å². The molecule has 0 bridgehead atoms. The van der Waals surface area contributed by atoms with Crippen LogP contribution in [0, 0.1) is 5.92 Å². The van der Waals surface area contributed by atoms with Crippen LogP contribution in [0.15, 0.2) is 24.3 Å². The highest BCUT2D eigenvalue weighted by molar-refractivity contribution is 5.98. The summed E-state index contributed by atoms with van der Waals surface area (Å²) in [6.07, 6.45) is 9.28. The molecule has 0 N–H and O–H groups in total. The van der Waals surface area contributed by atoms with Gasteiger partial charge in [-0.3, -0.25) is 0 Å². The predicted octanol–water partition coefficient (Wildman–Crippen LogP) is 8.16. The first-order valence-corrected chi connectivity index (χ1v) is 13.3. The molecule has 0 aliphatic heterocycles. The minimum Gasteiger partial charge on any atom is -0.434 e. The molecule has 6 heteroatoms. The molecule has 2 aromatic rings. The molecule has 0 spiro atoms. The number of rotatable bonds is 12. The van der Waals surface area contributed by atoms with Gasteiger partial charge in [-0.25, -0.2) is 9.59 Å². The Balaban J connectivity index is 1.83. The van der Waals surface area contributed by atoms with Crippen LogP contribution in [0.2, 0.25) is 0 Å². The van der Waals surface area contributed by atoms with Gasteiger partial charge in [-0.1, -0.05) is 83.6 Å². The minimum absolute atomic E-state index is 0.348. The van der Waals surface area contributed by atoms with Crippen LogP contribution in [0.3, 0.4) is 0 Å². The lowest BCUT2D eigenvalue weighted by Crippen LogP contribution is -2.20. The maximum Gasteiger partial charge on any atom is 0.513 e. The molecule has 0 saturated carbocycles. The standard InChI is InChI=1S/C29H40O6/c1-4-6-8-12-18-32-28(30)34-26-22-14-10-11-15-23(22)27(25-20-21(3)16-17-24(25)26)35-29(31)33-19-13-9-7-5-2/h10-11,14-15,21H,4-9,12-13,16-20H2,1-3H3. The zero-order valence-corrected chi connectivity index (χ0v) is 21.5. The second kappa shape index (κ2) is 14.0. The van der Waals surface area contributed by atoms with Crippen molar-refractivity contribution in [1.29, 1.82) is 0 Å². The summed E-state index contributed by atoms with van der Waals surface area (Å²) in [6, 6.07) is 7.56. The molecule has 192 valence electrons. The SMILES string of the molecule is CCCCCCOC(=O)Oc1c2c(c(OC(=O)OCCCCCC)c3ccccc13)CC(C)CC2. The molecule has 0 radical (unpaired) electrons. The Labute approximate surface area is 209 Å². The van der Waals surface area contributed by atoms with Crippen molar-refractivity contribution in [1.82, 2.24) is 0 Å². The van der Waals surface area contributed by atoms with Crippen molar-refractivity contribution in [3.8, 4) is 11.5 Å². The van der Waals surface area contributed by atoms with Gasteiger partial charge in [0, 0.05) is 21.9 Å². The maximum absolute atomic E-state index is 12.6. The summed E-state index contributed by atoms with van der Waals surface area (Å²) in [6.45, 7) is 7.16. The Hall–Kier alpha value is -2.76. The smallest absolute Gasteiger partial charge is 0.434 e. The van der Waals surface area contributed by atoms with E-state index in [-0.39, 0.29) is 0 Å². The van der Waals surface area contributed by atoms with E-state index >= 15 is 0 Å². The number of carbonyl (C=O) groups excluding carboxylic acids is 2. The normalized spacial score (nSPS) is 14.9. The number of hydrogen-bond acceptors (Lipinski definition) is 6. The van der Waals surface area contributed by atoms with Gasteiger partial charge < -0.3 is 18.9 Å². The average Bonchev–Trinajstić information content (AvgIpc) is 2.85. The number of hydrogen-bond donors (Lipinski definition) is 0. The first-order valence-electron chi connectivity index (χ1n) is 13.3. The van der Waals surface area contributed by atoms with Crippen LogP contribution in [0.1, 0.15) is 89.7 Å². The Morgan fingerprint density at radius 1 is 0.771 bits per heavy atom. The molecule has 0 fully saturated rings. The first-order chi connectivity index (χ1) is 17.0. The number of ether oxygens (including phenoxy) is 4. The van der Waals surface area contributed by atoms with Gasteiger partial charge in [0.15, 0.2) is 0 Å². The fraction of sp³-hybridized carbons (Fsp3) is 0.586. The van der Waals surface area contributed by atoms with Crippen LogP contribution in [0.25, 0.3) is 10.8 Å². The van der Waals surface area contributed by atoms with E-state index in [4.69, 9.17) is 18.9 Å². The van der Waals surface area contributed by atoms with Crippen molar-refractivity contribution < 1.29 is 28.5 Å². The maximum atomic E-state index is 12.6. The topological polar surface area (TPSA) is 71.1 Å². The van der Waals surface area contributed by atoms with E-state index in [1.54, 1.807) is 0 Å². The van der Waals surface area contributed by atoms with Crippen LogP contribution in [0.5, 0.6) is 11.5 Å². The highest BCUT2D eigenvalue weighted by Gasteiger charge is 2.29. The van der Waals surface area contributed by atoms with Crippen molar-refractivity contribution in [2.75, 3.05) is 13.2 Å². The van der Waals surface area contributed by atoms with E-state index in [0.29, 0.717) is 30.6 Å². The van der Waals surface area contributed by atoms with Gasteiger partial charge in [0.1, 0.15) is 11.5 Å². The second-order valence-electron chi connectivity index (χ2n) is 9.53. The van der Waals surface area contributed by atoms with Gasteiger partial charge in [0.2, 0.25) is 0 Å². The molecule has 1 atom stereocenters. The molecule has 0 saturated heterocycles. The van der Waals surface area contributed by atoms with E-state index in [2.05, 4.69) is 20.8 Å². The van der Waals surface area contributed by atoms with E-state index in [0.717, 1.165) is 92.5 Å². The predicted molar refractivity (Wildman–Crippen MR) is 137 cm³/mol. The largest absolute Gasteiger partial charge is 0.513 e. The zero-order valence-electron chi connectivity index (χ0n) is 21.5. The van der Waals surface area contributed by atoms with Gasteiger partial charge in [0.05, 0.1) is 13.2 Å². The molecule has 1 unspecified atom stereocenters. The lowest BCUT2D eigenvalue weighted by atomic mass is 9.82. The zero-order chi connectivity index (χ0) is 25.0. The third-order valence-electron chi connectivity index (χ3n) is 6.57. The third kappa shape index (κ3) is 7.61. The quantitative estimate of drug-likeness (QED) is 0.172. The molecule has 6 nitrogen and oxygen atoms in total. The second-order valence-corrected chi connectivity index (χ2v) is 9.53. The first kappa shape index (κ1) is 26.8. The molecule has 0 heterocycles. The third-order valence-corrected chi connectivity index (χ3v) is 6.57. The van der Waals surface area contributed by atoms with Crippen molar-refractivity contribution in [3.05, 3.63) is 35.4 Å². The van der Waals surface area contributed by atoms with Gasteiger partial charge in [-0.2, -0.15) is 0 Å². The Morgan fingerprint density at radius 2 is 1.29 bits per heavy atom. The van der Waals surface area contributed by atoms with Gasteiger partial charge in [-0.15, -0.1) is 0 Å². The number of fused-ring (bicyclic) bond motifs is 2. The van der Waals surface area contributed by atoms with Gasteiger partial charge in [-0.05, 0) is 38.0 Å². The van der Waals surface area contributed by atoms with Crippen LogP contribution >= 0.6 is 0 Å². The summed E-state index contributed by atoms with van der Waals surface area (Å²) in [4.78, 5) is 25.1. The summed E-state index contributed by atoms with van der Waals surface area (Å²) in [5.41, 5.74) is 1.83. The van der Waals surface area contributed by atoms with Gasteiger partial charge in [0.25, 0.3) is 0 Å². The average molecular weight is 485 g/mol. The highest BCUT2D eigenvalue weighted by Crippen LogP contribution is 2.45. The van der Waals surface area contributed by atoms with Crippen molar-refractivity contribution in [2.45, 2.75) is 91.4 Å².